The van der Waals surface area contributed by atoms with Gasteiger partial charge in [-0.25, -0.2) is 0 Å². The highest BCUT2D eigenvalue weighted by Gasteiger charge is 2.25. The highest BCUT2D eigenvalue weighted by Crippen LogP contribution is 2.24. The molecule has 2 N–H and O–H groups in total. The third-order valence-electron chi connectivity index (χ3n) is 5.97. The summed E-state index contributed by atoms with van der Waals surface area (Å²) < 4.78 is 8.02. The van der Waals surface area contributed by atoms with E-state index in [1.807, 2.05) is 13.1 Å². The zero-order chi connectivity index (χ0) is 19.9. The van der Waals surface area contributed by atoms with E-state index < -0.39 is 0 Å². The molecule has 0 spiro atoms. The van der Waals surface area contributed by atoms with Gasteiger partial charge in [-0.3, -0.25) is 9.89 Å². The number of halogens is 1. The third-order valence-corrected chi connectivity index (χ3v) is 5.97. The zero-order valence-electron chi connectivity index (χ0n) is 17.8. The Morgan fingerprint density at radius 2 is 1.97 bits per heavy atom. The van der Waals surface area contributed by atoms with Crippen LogP contribution in [0.1, 0.15) is 55.6 Å². The van der Waals surface area contributed by atoms with Crippen molar-refractivity contribution >= 4 is 29.9 Å². The first-order chi connectivity index (χ1) is 14.3. The number of fused-ring (bicyclic) bond motifs is 1. The number of guanidine groups is 1. The van der Waals surface area contributed by atoms with Crippen molar-refractivity contribution in [3.05, 3.63) is 35.8 Å². The van der Waals surface area contributed by atoms with Gasteiger partial charge >= 0.3 is 0 Å². The minimum atomic E-state index is 0. The molecule has 30 heavy (non-hydrogen) atoms. The summed E-state index contributed by atoms with van der Waals surface area (Å²) in [6, 6.07) is 4.27. The average molecular weight is 527 g/mol. The highest BCUT2D eigenvalue weighted by molar-refractivity contribution is 14.0. The van der Waals surface area contributed by atoms with E-state index in [0.717, 1.165) is 68.9 Å². The summed E-state index contributed by atoms with van der Waals surface area (Å²) >= 11 is 0. The number of hydrogen-bond donors (Lipinski definition) is 2. The monoisotopic (exact) mass is 527 g/mol. The third kappa shape index (κ3) is 5.75. The van der Waals surface area contributed by atoms with Crippen LogP contribution in [0.5, 0.6) is 0 Å². The Morgan fingerprint density at radius 3 is 2.73 bits per heavy atom. The second kappa shape index (κ2) is 11.7. The average Bonchev–Trinajstić information content (AvgIpc) is 3.49. The SMILES string of the molecule is CN=C(NCCc1nnc2n1CCCCC2)NCC(c1ccco1)N1CCCC1.I. The molecule has 0 saturated carbocycles. The lowest BCUT2D eigenvalue weighted by Gasteiger charge is -2.26. The Hall–Kier alpha value is -1.62. The number of nitrogens with one attached hydrogen (secondary N) is 2. The fraction of sp³-hybridized carbons (Fsp3) is 0.667. The molecule has 1 atom stereocenters. The maximum Gasteiger partial charge on any atom is 0.191 e. The van der Waals surface area contributed by atoms with E-state index in [0.29, 0.717) is 0 Å². The lowest BCUT2D eigenvalue weighted by Crippen LogP contribution is -2.43. The van der Waals surface area contributed by atoms with Crippen molar-refractivity contribution < 1.29 is 4.42 Å². The number of likely N-dealkylation sites (tertiary alicyclic amines) is 1. The summed E-state index contributed by atoms with van der Waals surface area (Å²) in [6.07, 6.45) is 9.90. The maximum absolute atomic E-state index is 5.71. The molecule has 0 bridgehead atoms. The smallest absolute Gasteiger partial charge is 0.191 e. The highest BCUT2D eigenvalue weighted by atomic mass is 127. The van der Waals surface area contributed by atoms with Crippen molar-refractivity contribution in [1.29, 1.82) is 0 Å². The van der Waals surface area contributed by atoms with Crippen LogP contribution in [0.4, 0.5) is 0 Å². The number of aliphatic imine (C=N–C) groups is 1. The molecule has 1 fully saturated rings. The normalized spacial score (nSPS) is 18.4. The van der Waals surface area contributed by atoms with Crippen LogP contribution in [0.15, 0.2) is 27.8 Å². The number of hydrogen-bond acceptors (Lipinski definition) is 5. The van der Waals surface area contributed by atoms with E-state index >= 15 is 0 Å². The summed E-state index contributed by atoms with van der Waals surface area (Å²) in [4.78, 5) is 6.88. The number of nitrogens with zero attached hydrogens (tertiary/aromatic N) is 5. The molecule has 9 heteroatoms. The van der Waals surface area contributed by atoms with E-state index in [2.05, 4.69) is 41.4 Å². The molecule has 8 nitrogen and oxygen atoms in total. The first-order valence-corrected chi connectivity index (χ1v) is 11.0. The topological polar surface area (TPSA) is 83.5 Å². The summed E-state index contributed by atoms with van der Waals surface area (Å²) in [5, 5.41) is 15.7. The van der Waals surface area contributed by atoms with Gasteiger partial charge in [0.15, 0.2) is 5.96 Å². The quantitative estimate of drug-likeness (QED) is 0.328. The van der Waals surface area contributed by atoms with Gasteiger partial charge in [-0.2, -0.15) is 0 Å². The van der Waals surface area contributed by atoms with Gasteiger partial charge in [0.05, 0.1) is 12.3 Å². The molecule has 0 radical (unpaired) electrons. The van der Waals surface area contributed by atoms with Gasteiger partial charge in [-0.15, -0.1) is 34.2 Å². The molecule has 0 amide bonds. The van der Waals surface area contributed by atoms with Gasteiger partial charge in [0, 0.05) is 39.5 Å². The molecular formula is C21H34IN7O. The van der Waals surface area contributed by atoms with Crippen LogP contribution in [0.2, 0.25) is 0 Å². The van der Waals surface area contributed by atoms with Crippen LogP contribution in [-0.4, -0.2) is 58.9 Å². The van der Waals surface area contributed by atoms with Gasteiger partial charge in [-0.1, -0.05) is 6.42 Å². The van der Waals surface area contributed by atoms with Gasteiger partial charge in [0.1, 0.15) is 17.4 Å². The zero-order valence-corrected chi connectivity index (χ0v) is 20.2. The van der Waals surface area contributed by atoms with Crippen molar-refractivity contribution in [2.45, 2.75) is 57.5 Å². The van der Waals surface area contributed by atoms with Gasteiger partial charge in [0.2, 0.25) is 0 Å². The predicted molar refractivity (Wildman–Crippen MR) is 128 cm³/mol. The van der Waals surface area contributed by atoms with Gasteiger partial charge < -0.3 is 19.6 Å². The lowest BCUT2D eigenvalue weighted by molar-refractivity contribution is 0.215. The fourth-order valence-electron chi connectivity index (χ4n) is 4.38. The van der Waals surface area contributed by atoms with E-state index in [4.69, 9.17) is 4.42 Å². The molecule has 1 unspecified atom stereocenters. The van der Waals surface area contributed by atoms with Crippen molar-refractivity contribution in [2.24, 2.45) is 4.99 Å². The molecule has 0 aromatic carbocycles. The first kappa shape index (κ1) is 23.1. The molecule has 2 aliphatic rings. The second-order valence-corrected chi connectivity index (χ2v) is 7.90. The summed E-state index contributed by atoms with van der Waals surface area (Å²) in [7, 11) is 1.82. The first-order valence-electron chi connectivity index (χ1n) is 11.0. The molecule has 2 aromatic heterocycles. The van der Waals surface area contributed by atoms with Gasteiger partial charge in [-0.05, 0) is 50.9 Å². The van der Waals surface area contributed by atoms with E-state index in [9.17, 15) is 0 Å². The van der Waals surface area contributed by atoms with E-state index in [1.165, 1.54) is 32.1 Å². The lowest BCUT2D eigenvalue weighted by atomic mass is 10.2. The molecule has 0 aliphatic carbocycles. The summed E-state index contributed by atoms with van der Waals surface area (Å²) in [5.41, 5.74) is 0. The second-order valence-electron chi connectivity index (χ2n) is 7.90. The largest absolute Gasteiger partial charge is 0.468 e. The van der Waals surface area contributed by atoms with Crippen LogP contribution >= 0.6 is 24.0 Å². The van der Waals surface area contributed by atoms with E-state index in [1.54, 1.807) is 6.26 Å². The van der Waals surface area contributed by atoms with Crippen molar-refractivity contribution in [3.8, 4) is 0 Å². The number of rotatable bonds is 7. The van der Waals surface area contributed by atoms with Crippen LogP contribution in [-0.2, 0) is 19.4 Å². The van der Waals surface area contributed by atoms with Crippen molar-refractivity contribution in [2.75, 3.05) is 33.2 Å². The molecular weight excluding hydrogens is 493 g/mol. The van der Waals surface area contributed by atoms with Crippen LogP contribution < -0.4 is 10.6 Å². The Morgan fingerprint density at radius 1 is 1.13 bits per heavy atom. The van der Waals surface area contributed by atoms with Crippen LogP contribution in [0.3, 0.4) is 0 Å². The standard InChI is InChI=1S/C21H33N7O.HI/c1-22-21(23-11-10-20-26-25-19-9-3-2-4-14-28(19)20)24-16-17(18-8-7-15-29-18)27-12-5-6-13-27;/h7-8,15,17H,2-6,9-14,16H2,1H3,(H2,22,23,24);1H. The Bertz CT molecular complexity index is 783. The molecule has 2 aliphatic heterocycles. The van der Waals surface area contributed by atoms with Crippen LogP contribution in [0.25, 0.3) is 0 Å². The van der Waals surface area contributed by atoms with E-state index in [-0.39, 0.29) is 30.0 Å². The minimum Gasteiger partial charge on any atom is -0.468 e. The summed E-state index contributed by atoms with van der Waals surface area (Å²) in [6.45, 7) is 4.85. The Kier molecular flexibility index (Phi) is 8.98. The van der Waals surface area contributed by atoms with Crippen molar-refractivity contribution in [1.82, 2.24) is 30.3 Å². The number of aryl methyl sites for hydroxylation is 1. The van der Waals surface area contributed by atoms with Crippen molar-refractivity contribution in [3.63, 3.8) is 0 Å². The number of aromatic nitrogens is 3. The molecule has 4 heterocycles. The minimum absolute atomic E-state index is 0. The molecule has 166 valence electrons. The fourth-order valence-corrected chi connectivity index (χ4v) is 4.38. The Labute approximate surface area is 195 Å². The molecule has 2 aromatic rings. The predicted octanol–water partition coefficient (Wildman–Crippen LogP) is 2.76. The van der Waals surface area contributed by atoms with Gasteiger partial charge in [0.25, 0.3) is 0 Å². The Balaban J connectivity index is 0.00000256. The summed E-state index contributed by atoms with van der Waals surface area (Å²) in [5.74, 6) is 4.06. The molecule has 1 saturated heterocycles. The van der Waals surface area contributed by atoms with Crippen LogP contribution in [0, 0.1) is 0 Å². The maximum atomic E-state index is 5.71. The molecule has 4 rings (SSSR count). The number of furan rings is 1.